The second-order valence-corrected chi connectivity index (χ2v) is 6.55. The largest absolute Gasteiger partial charge is 0.315 e. The molecule has 1 aliphatic carbocycles. The molecule has 2 heterocycles. The zero-order valence-electron chi connectivity index (χ0n) is 11.7. The Bertz CT molecular complexity index is 468. The number of rotatable bonds is 2. The molecule has 1 aromatic rings. The van der Waals surface area contributed by atoms with Crippen LogP contribution < -0.4 is 5.32 Å². The Balaban J connectivity index is 1.51. The fourth-order valence-electron chi connectivity index (χ4n) is 4.32. The first-order chi connectivity index (χ1) is 9.40. The first kappa shape index (κ1) is 11.9. The van der Waals surface area contributed by atoms with Gasteiger partial charge in [-0.25, -0.2) is 0 Å². The summed E-state index contributed by atoms with van der Waals surface area (Å²) in [5.74, 6) is 0.906. The molecule has 102 valence electrons. The van der Waals surface area contributed by atoms with Crippen LogP contribution in [0.15, 0.2) is 18.2 Å². The molecule has 2 fully saturated rings. The molecular weight excluding hydrogens is 232 g/mol. The quantitative estimate of drug-likeness (QED) is 0.874. The number of aryl methyl sites for hydroxylation is 2. The van der Waals surface area contributed by atoms with Gasteiger partial charge in [0.15, 0.2) is 0 Å². The molecule has 0 aromatic heterocycles. The molecule has 19 heavy (non-hydrogen) atoms. The Kier molecular flexibility index (Phi) is 3.08. The van der Waals surface area contributed by atoms with Crippen molar-refractivity contribution < 1.29 is 0 Å². The van der Waals surface area contributed by atoms with Crippen molar-refractivity contribution in [3.63, 3.8) is 0 Å². The van der Waals surface area contributed by atoms with Crippen LogP contribution >= 0.6 is 0 Å². The summed E-state index contributed by atoms with van der Waals surface area (Å²) in [6, 6.07) is 8.03. The maximum atomic E-state index is 3.58. The molecule has 1 N–H and O–H groups in total. The van der Waals surface area contributed by atoms with E-state index in [1.807, 2.05) is 0 Å². The average molecular weight is 256 g/mol. The number of benzene rings is 1. The van der Waals surface area contributed by atoms with Crippen molar-refractivity contribution in [2.45, 2.75) is 44.7 Å². The fourth-order valence-corrected chi connectivity index (χ4v) is 4.32. The molecule has 2 saturated heterocycles. The van der Waals surface area contributed by atoms with Gasteiger partial charge in [0, 0.05) is 19.1 Å². The molecule has 2 unspecified atom stereocenters. The standard InChI is InChI=1S/C17H24N2/c1-3-14-7-6-13(9-15(14)4-1)12-19-8-2-5-16-10-18-11-17(16)19/h6-7,9,16-18H,1-5,8,10-12H2. The average Bonchev–Trinajstić information content (AvgIpc) is 3.06. The normalized spacial score (nSPS) is 30.3. The summed E-state index contributed by atoms with van der Waals surface area (Å²) in [7, 11) is 0. The van der Waals surface area contributed by atoms with E-state index < -0.39 is 0 Å². The first-order valence-corrected chi connectivity index (χ1v) is 7.95. The van der Waals surface area contributed by atoms with Crippen molar-refractivity contribution in [3.05, 3.63) is 34.9 Å². The lowest BCUT2D eigenvalue weighted by Gasteiger charge is -2.37. The number of hydrogen-bond acceptors (Lipinski definition) is 2. The molecule has 0 bridgehead atoms. The SMILES string of the molecule is c1cc2c(cc1CN1CCCC3CNCC31)CCC2. The number of likely N-dealkylation sites (tertiary alicyclic amines) is 1. The van der Waals surface area contributed by atoms with Crippen molar-refractivity contribution in [2.24, 2.45) is 5.92 Å². The van der Waals surface area contributed by atoms with Crippen molar-refractivity contribution in [1.82, 2.24) is 10.2 Å². The van der Waals surface area contributed by atoms with E-state index in [-0.39, 0.29) is 0 Å². The predicted octanol–water partition coefficient (Wildman–Crippen LogP) is 2.36. The number of fused-ring (bicyclic) bond motifs is 2. The van der Waals surface area contributed by atoms with E-state index in [0.29, 0.717) is 0 Å². The van der Waals surface area contributed by atoms with Crippen molar-refractivity contribution >= 4 is 0 Å². The molecule has 2 atom stereocenters. The van der Waals surface area contributed by atoms with Gasteiger partial charge in [-0.15, -0.1) is 0 Å². The minimum atomic E-state index is 0.794. The van der Waals surface area contributed by atoms with Gasteiger partial charge in [0.1, 0.15) is 0 Å². The predicted molar refractivity (Wildman–Crippen MR) is 78.3 cm³/mol. The van der Waals surface area contributed by atoms with Gasteiger partial charge < -0.3 is 5.32 Å². The topological polar surface area (TPSA) is 15.3 Å². The second kappa shape index (κ2) is 4.92. The van der Waals surface area contributed by atoms with Gasteiger partial charge in [-0.05, 0) is 67.8 Å². The van der Waals surface area contributed by atoms with Crippen LogP contribution in [0.3, 0.4) is 0 Å². The summed E-state index contributed by atoms with van der Waals surface area (Å²) in [4.78, 5) is 2.73. The Labute approximate surface area is 116 Å². The Morgan fingerprint density at radius 2 is 2.05 bits per heavy atom. The van der Waals surface area contributed by atoms with Crippen LogP contribution in [0.2, 0.25) is 0 Å². The van der Waals surface area contributed by atoms with E-state index in [1.165, 1.54) is 57.3 Å². The molecular formula is C17H24N2. The smallest absolute Gasteiger partial charge is 0.0264 e. The first-order valence-electron chi connectivity index (χ1n) is 7.95. The highest BCUT2D eigenvalue weighted by Gasteiger charge is 2.34. The zero-order chi connectivity index (χ0) is 12.7. The molecule has 0 radical (unpaired) electrons. The molecule has 2 nitrogen and oxygen atoms in total. The minimum Gasteiger partial charge on any atom is -0.315 e. The van der Waals surface area contributed by atoms with Crippen molar-refractivity contribution in [2.75, 3.05) is 19.6 Å². The third-order valence-electron chi connectivity index (χ3n) is 5.34. The molecule has 3 aliphatic rings. The van der Waals surface area contributed by atoms with Crippen molar-refractivity contribution in [1.29, 1.82) is 0 Å². The van der Waals surface area contributed by atoms with Crippen LogP contribution in [0.25, 0.3) is 0 Å². The summed E-state index contributed by atoms with van der Waals surface area (Å²) in [5, 5.41) is 3.58. The van der Waals surface area contributed by atoms with E-state index >= 15 is 0 Å². The molecule has 4 rings (SSSR count). The van der Waals surface area contributed by atoms with E-state index in [4.69, 9.17) is 0 Å². The lowest BCUT2D eigenvalue weighted by atomic mass is 9.91. The fraction of sp³-hybridized carbons (Fsp3) is 0.647. The van der Waals surface area contributed by atoms with Crippen LogP contribution in [0.4, 0.5) is 0 Å². The van der Waals surface area contributed by atoms with Gasteiger partial charge in [0.25, 0.3) is 0 Å². The number of hydrogen-bond donors (Lipinski definition) is 1. The summed E-state index contributed by atoms with van der Waals surface area (Å²) in [6.45, 7) is 4.90. The van der Waals surface area contributed by atoms with Gasteiger partial charge in [-0.3, -0.25) is 4.90 Å². The maximum absolute atomic E-state index is 3.58. The van der Waals surface area contributed by atoms with E-state index in [1.54, 1.807) is 11.1 Å². The monoisotopic (exact) mass is 256 g/mol. The number of nitrogens with zero attached hydrogens (tertiary/aromatic N) is 1. The highest BCUT2D eigenvalue weighted by Crippen LogP contribution is 2.29. The van der Waals surface area contributed by atoms with Crippen molar-refractivity contribution in [3.8, 4) is 0 Å². The Hall–Kier alpha value is -0.860. The second-order valence-electron chi connectivity index (χ2n) is 6.55. The molecule has 2 heteroatoms. The van der Waals surface area contributed by atoms with Crippen LogP contribution in [0.1, 0.15) is 36.0 Å². The van der Waals surface area contributed by atoms with Gasteiger partial charge in [-0.1, -0.05) is 18.2 Å². The highest BCUT2D eigenvalue weighted by molar-refractivity contribution is 5.35. The van der Waals surface area contributed by atoms with E-state index in [0.717, 1.165) is 18.5 Å². The third-order valence-corrected chi connectivity index (χ3v) is 5.34. The summed E-state index contributed by atoms with van der Waals surface area (Å²) >= 11 is 0. The third kappa shape index (κ3) is 2.21. The molecule has 2 aliphatic heterocycles. The molecule has 1 aromatic carbocycles. The summed E-state index contributed by atoms with van der Waals surface area (Å²) < 4.78 is 0. The highest BCUT2D eigenvalue weighted by atomic mass is 15.2. The van der Waals surface area contributed by atoms with Crippen LogP contribution in [-0.4, -0.2) is 30.6 Å². The maximum Gasteiger partial charge on any atom is 0.0264 e. The Morgan fingerprint density at radius 1 is 1.11 bits per heavy atom. The summed E-state index contributed by atoms with van der Waals surface area (Å²) in [5.41, 5.74) is 4.76. The van der Waals surface area contributed by atoms with Crippen LogP contribution in [-0.2, 0) is 19.4 Å². The lowest BCUT2D eigenvalue weighted by molar-refractivity contribution is 0.117. The number of piperidine rings is 1. The van der Waals surface area contributed by atoms with E-state index in [2.05, 4.69) is 28.4 Å². The van der Waals surface area contributed by atoms with E-state index in [9.17, 15) is 0 Å². The number of nitrogens with one attached hydrogen (secondary N) is 1. The molecule has 0 saturated carbocycles. The van der Waals surface area contributed by atoms with Crippen LogP contribution in [0.5, 0.6) is 0 Å². The van der Waals surface area contributed by atoms with Gasteiger partial charge in [-0.2, -0.15) is 0 Å². The van der Waals surface area contributed by atoms with Gasteiger partial charge in [0.2, 0.25) is 0 Å². The van der Waals surface area contributed by atoms with Gasteiger partial charge >= 0.3 is 0 Å². The molecule has 0 amide bonds. The lowest BCUT2D eigenvalue weighted by Crippen LogP contribution is -2.44. The Morgan fingerprint density at radius 3 is 3.05 bits per heavy atom. The zero-order valence-corrected chi connectivity index (χ0v) is 11.7. The van der Waals surface area contributed by atoms with Crippen LogP contribution in [0, 0.1) is 5.92 Å². The summed E-state index contributed by atoms with van der Waals surface area (Å²) in [6.07, 6.45) is 6.77. The van der Waals surface area contributed by atoms with Gasteiger partial charge in [0.05, 0.1) is 0 Å². The molecule has 0 spiro atoms. The minimum absolute atomic E-state index is 0.794.